The molecule has 0 bridgehead atoms. The molecule has 0 radical (unpaired) electrons. The predicted octanol–water partition coefficient (Wildman–Crippen LogP) is 7.48. The molecule has 1 nitrogen and oxygen atoms in total. The van der Waals surface area contributed by atoms with Gasteiger partial charge >= 0.3 is 0 Å². The molecule has 1 heterocycles. The molecule has 2 atom stereocenters. The van der Waals surface area contributed by atoms with Crippen LogP contribution in [0.4, 0.5) is 0 Å². The van der Waals surface area contributed by atoms with Gasteiger partial charge in [-0.3, -0.25) is 0 Å². The van der Waals surface area contributed by atoms with Crippen LogP contribution in [0.3, 0.4) is 0 Å². The molecule has 0 fully saturated rings. The number of hydrogen-bond donors (Lipinski definition) is 1. The summed E-state index contributed by atoms with van der Waals surface area (Å²) in [6.45, 7) is 9.92. The van der Waals surface area contributed by atoms with E-state index in [0.29, 0.717) is 18.4 Å². The van der Waals surface area contributed by atoms with Crippen molar-refractivity contribution in [1.29, 1.82) is 0 Å². The minimum Gasteiger partial charge on any atom is -0.330 e. The fraction of sp³-hybridized carbons (Fsp3) is 0.448. The minimum atomic E-state index is 0.470. The summed E-state index contributed by atoms with van der Waals surface area (Å²) < 4.78 is 0. The van der Waals surface area contributed by atoms with Gasteiger partial charge in [0.2, 0.25) is 0 Å². The highest BCUT2D eigenvalue weighted by atomic mass is 32.2. The zero-order valence-electron chi connectivity index (χ0n) is 19.6. The first-order valence-corrected chi connectivity index (χ1v) is 12.8. The van der Waals surface area contributed by atoms with E-state index in [-0.39, 0.29) is 0 Å². The third kappa shape index (κ3) is 5.02. The molecule has 0 spiro atoms. The molecule has 0 aromatic heterocycles. The lowest BCUT2D eigenvalue weighted by molar-refractivity contribution is 0.635. The van der Waals surface area contributed by atoms with E-state index in [1.54, 1.807) is 11.1 Å². The maximum absolute atomic E-state index is 5.78. The van der Waals surface area contributed by atoms with Gasteiger partial charge in [0.25, 0.3) is 0 Å². The van der Waals surface area contributed by atoms with Gasteiger partial charge in [-0.15, -0.1) is 0 Å². The molecule has 2 aliphatic rings. The molecule has 2 N–H and O–H groups in total. The third-order valence-corrected chi connectivity index (χ3v) is 8.26. The number of fused-ring (bicyclic) bond motifs is 1. The second-order valence-electron chi connectivity index (χ2n) is 9.61. The summed E-state index contributed by atoms with van der Waals surface area (Å²) in [5, 5.41) is 2.41. The van der Waals surface area contributed by atoms with Crippen molar-refractivity contribution < 1.29 is 0 Å². The highest BCUT2D eigenvalue weighted by molar-refractivity contribution is 8.11. The first-order chi connectivity index (χ1) is 15.0. The second-order valence-corrected chi connectivity index (χ2v) is 10.5. The number of nitrogens with two attached hydrogens (primary N) is 1. The van der Waals surface area contributed by atoms with Gasteiger partial charge in [-0.2, -0.15) is 0 Å². The quantitative estimate of drug-likeness (QED) is 0.496. The Morgan fingerprint density at radius 2 is 1.77 bits per heavy atom. The van der Waals surface area contributed by atoms with E-state index in [0.717, 1.165) is 12.8 Å². The van der Waals surface area contributed by atoms with Crippen LogP contribution in [0, 0.1) is 19.8 Å². The first-order valence-electron chi connectivity index (χ1n) is 12.0. The summed E-state index contributed by atoms with van der Waals surface area (Å²) in [7, 11) is 0. The van der Waals surface area contributed by atoms with Crippen molar-refractivity contribution in [3.05, 3.63) is 86.3 Å². The maximum Gasteiger partial charge on any atom is 0.0154 e. The number of benzene rings is 2. The lowest BCUT2D eigenvalue weighted by atomic mass is 9.89. The van der Waals surface area contributed by atoms with Crippen LogP contribution in [0.1, 0.15) is 78.0 Å². The van der Waals surface area contributed by atoms with Crippen LogP contribution < -0.4 is 5.73 Å². The summed E-state index contributed by atoms with van der Waals surface area (Å²) in [4.78, 5) is 1.42. The minimum absolute atomic E-state index is 0.470. The molecule has 1 aliphatic carbocycles. The SMILES string of the molecule is Cc1cc(CC2=CSC(c3ccc4c(c3)CCCCC4C)=CC2C)c(C)cc1CCN. The fourth-order valence-electron chi connectivity index (χ4n) is 5.14. The molecule has 1 aliphatic heterocycles. The Kier molecular flexibility index (Phi) is 7.08. The molecule has 4 rings (SSSR count). The van der Waals surface area contributed by atoms with Crippen LogP contribution in [-0.4, -0.2) is 6.54 Å². The zero-order valence-corrected chi connectivity index (χ0v) is 20.4. The van der Waals surface area contributed by atoms with Gasteiger partial charge in [-0.25, -0.2) is 0 Å². The van der Waals surface area contributed by atoms with Gasteiger partial charge in [-0.1, -0.05) is 74.0 Å². The summed E-state index contributed by atoms with van der Waals surface area (Å²) in [6.07, 6.45) is 9.74. The number of hydrogen-bond acceptors (Lipinski definition) is 2. The topological polar surface area (TPSA) is 26.0 Å². The Balaban J connectivity index is 1.51. The van der Waals surface area contributed by atoms with Gasteiger partial charge in [0.1, 0.15) is 0 Å². The molecule has 164 valence electrons. The zero-order chi connectivity index (χ0) is 22.0. The highest BCUT2D eigenvalue weighted by Crippen LogP contribution is 2.40. The van der Waals surface area contributed by atoms with Crippen LogP contribution in [0.2, 0.25) is 0 Å². The monoisotopic (exact) mass is 431 g/mol. The molecule has 0 saturated heterocycles. The van der Waals surface area contributed by atoms with Crippen LogP contribution >= 0.6 is 11.8 Å². The van der Waals surface area contributed by atoms with E-state index < -0.39 is 0 Å². The van der Waals surface area contributed by atoms with Gasteiger partial charge in [0, 0.05) is 4.91 Å². The van der Waals surface area contributed by atoms with Crippen molar-refractivity contribution in [1.82, 2.24) is 0 Å². The molecule has 0 saturated carbocycles. The van der Waals surface area contributed by atoms with Crippen molar-refractivity contribution in [2.24, 2.45) is 11.7 Å². The van der Waals surface area contributed by atoms with Crippen molar-refractivity contribution in [2.75, 3.05) is 6.54 Å². The summed E-state index contributed by atoms with van der Waals surface area (Å²) in [5.41, 5.74) is 17.5. The second kappa shape index (κ2) is 9.79. The van der Waals surface area contributed by atoms with E-state index in [4.69, 9.17) is 5.73 Å². The lowest BCUT2D eigenvalue weighted by Gasteiger charge is -2.22. The van der Waals surface area contributed by atoms with E-state index in [2.05, 4.69) is 69.5 Å². The van der Waals surface area contributed by atoms with Gasteiger partial charge < -0.3 is 5.73 Å². The van der Waals surface area contributed by atoms with E-state index in [9.17, 15) is 0 Å². The lowest BCUT2D eigenvalue weighted by Crippen LogP contribution is -2.08. The van der Waals surface area contributed by atoms with Gasteiger partial charge in [0.05, 0.1) is 0 Å². The molecule has 31 heavy (non-hydrogen) atoms. The number of allylic oxidation sites excluding steroid dienone is 2. The summed E-state index contributed by atoms with van der Waals surface area (Å²) in [5.74, 6) is 1.17. The average Bonchev–Trinajstić information content (AvgIpc) is 2.94. The van der Waals surface area contributed by atoms with Crippen LogP contribution in [0.25, 0.3) is 4.91 Å². The molecular weight excluding hydrogens is 394 g/mol. The van der Waals surface area contributed by atoms with E-state index in [1.165, 1.54) is 64.0 Å². The fourth-order valence-corrected chi connectivity index (χ4v) is 6.26. The Morgan fingerprint density at radius 1 is 1.00 bits per heavy atom. The average molecular weight is 432 g/mol. The van der Waals surface area contributed by atoms with E-state index in [1.807, 2.05) is 11.8 Å². The maximum atomic E-state index is 5.78. The molecule has 2 aromatic carbocycles. The Bertz CT molecular complexity index is 1010. The van der Waals surface area contributed by atoms with Crippen LogP contribution in [0.5, 0.6) is 0 Å². The normalized spacial score (nSPS) is 21.2. The van der Waals surface area contributed by atoms with Crippen LogP contribution in [0.15, 0.2) is 47.4 Å². The van der Waals surface area contributed by atoms with Crippen molar-refractivity contribution in [2.45, 2.75) is 72.1 Å². The third-order valence-electron chi connectivity index (χ3n) is 7.22. The number of rotatable bonds is 5. The largest absolute Gasteiger partial charge is 0.330 e. The summed E-state index contributed by atoms with van der Waals surface area (Å²) >= 11 is 1.91. The van der Waals surface area contributed by atoms with Gasteiger partial charge in [-0.05, 0) is 109 Å². The Labute approximate surface area is 193 Å². The van der Waals surface area contributed by atoms with Crippen LogP contribution in [-0.2, 0) is 19.3 Å². The highest BCUT2D eigenvalue weighted by Gasteiger charge is 2.19. The first kappa shape index (κ1) is 22.4. The molecular formula is C29H37NS. The predicted molar refractivity (Wildman–Crippen MR) is 138 cm³/mol. The Hall–Kier alpha value is -1.77. The number of thioether (sulfide) groups is 1. The molecule has 0 amide bonds. The van der Waals surface area contributed by atoms with Crippen molar-refractivity contribution >= 4 is 16.7 Å². The number of aryl methyl sites for hydroxylation is 3. The van der Waals surface area contributed by atoms with E-state index >= 15 is 0 Å². The van der Waals surface area contributed by atoms with Gasteiger partial charge in [0.15, 0.2) is 0 Å². The summed E-state index contributed by atoms with van der Waals surface area (Å²) in [6, 6.07) is 12.0. The molecule has 2 unspecified atom stereocenters. The molecule has 2 aromatic rings. The van der Waals surface area contributed by atoms with Crippen molar-refractivity contribution in [3.63, 3.8) is 0 Å². The Morgan fingerprint density at radius 3 is 2.55 bits per heavy atom. The smallest absolute Gasteiger partial charge is 0.0154 e. The standard InChI is InChI=1S/C29H37NS/c1-19-7-5-6-8-24-16-25(9-10-28(19)24)29-15-22(4)27(18-31-29)17-26-14-20(2)23(11-12-30)13-21(26)3/h9-10,13-16,18-19,22H,5-8,11-12,17,30H2,1-4H3. The molecule has 2 heteroatoms. The van der Waals surface area contributed by atoms with Crippen molar-refractivity contribution in [3.8, 4) is 0 Å².